The van der Waals surface area contributed by atoms with Crippen molar-refractivity contribution < 1.29 is 9.53 Å². The lowest BCUT2D eigenvalue weighted by molar-refractivity contribution is -0.153. The number of hydrogen-bond acceptors (Lipinski definition) is 8. The van der Waals surface area contributed by atoms with Crippen LogP contribution in [-0.2, 0) is 28.0 Å². The molecule has 0 bridgehead atoms. The topological polar surface area (TPSA) is 102 Å². The van der Waals surface area contributed by atoms with E-state index in [1.54, 1.807) is 4.90 Å². The van der Waals surface area contributed by atoms with Gasteiger partial charge in [-0.2, -0.15) is 17.8 Å². The number of imidazole rings is 1. The monoisotopic (exact) mass is 553 g/mol. The second kappa shape index (κ2) is 12.1. The lowest BCUT2D eigenvalue weighted by atomic mass is 9.95. The van der Waals surface area contributed by atoms with Crippen LogP contribution in [0.15, 0.2) is 48.5 Å². The first-order valence-electron chi connectivity index (χ1n) is 12.4. The second-order valence-electron chi connectivity index (χ2n) is 9.24. The molecule has 0 saturated carbocycles. The second-order valence-corrected chi connectivity index (χ2v) is 9.91. The predicted molar refractivity (Wildman–Crippen MR) is 151 cm³/mol. The number of carbonyl (C=O) groups is 1. The summed E-state index contributed by atoms with van der Waals surface area (Å²) in [7, 11) is 5.02. The zero-order valence-corrected chi connectivity index (χ0v) is 23.6. The van der Waals surface area contributed by atoms with Crippen LogP contribution >= 0.6 is 24.2 Å². The van der Waals surface area contributed by atoms with E-state index in [1.165, 1.54) is 7.11 Å². The number of nitrogens with one attached hydrogen (secondary N) is 1. The van der Waals surface area contributed by atoms with Gasteiger partial charge in [0.05, 0.1) is 12.8 Å². The average Bonchev–Trinajstić information content (AvgIpc) is 3.57. The number of benzene rings is 2. The number of thiol groups is 1. The molecule has 0 unspecified atom stereocenters. The number of aromatic amines is 1. The van der Waals surface area contributed by atoms with E-state index in [2.05, 4.69) is 64.4 Å². The Morgan fingerprint density at radius 1 is 1.16 bits per heavy atom. The Morgan fingerprint density at radius 2 is 1.87 bits per heavy atom. The summed E-state index contributed by atoms with van der Waals surface area (Å²) in [6.45, 7) is 2.62. The lowest BCUT2D eigenvalue weighted by Crippen LogP contribution is -2.52. The minimum atomic E-state index is -1.20. The first-order valence-corrected chi connectivity index (χ1v) is 13.4. The molecule has 2 heterocycles. The summed E-state index contributed by atoms with van der Waals surface area (Å²) in [5.41, 5.74) is 3.34. The zero-order chi connectivity index (χ0) is 27.3. The van der Waals surface area contributed by atoms with Gasteiger partial charge < -0.3 is 9.30 Å². The number of esters is 1. The van der Waals surface area contributed by atoms with E-state index in [9.17, 15) is 4.79 Å². The Morgan fingerprint density at radius 3 is 2.45 bits per heavy atom. The number of aryl methyl sites for hydroxylation is 1. The van der Waals surface area contributed by atoms with Crippen LogP contribution in [0.25, 0.3) is 22.5 Å². The molecular weight excluding hydrogens is 522 g/mol. The van der Waals surface area contributed by atoms with Gasteiger partial charge in [-0.15, -0.1) is 10.2 Å². The van der Waals surface area contributed by atoms with Gasteiger partial charge in [-0.3, -0.25) is 4.90 Å². The highest BCUT2D eigenvalue weighted by Crippen LogP contribution is 2.37. The molecule has 0 aliphatic carbocycles. The number of unbranched alkanes of at least 4 members (excludes halogenated alkanes) is 1. The Labute approximate surface area is 233 Å². The molecule has 2 aromatic heterocycles. The van der Waals surface area contributed by atoms with E-state index >= 15 is 0 Å². The maximum atomic E-state index is 13.2. The SMILES string of the molecule is CCCCc1nc(Cl)c([C@](CS)(C(=O)OC)N(C)C)n1Cc1ccc(-c2ccccc2-c2nn[nH]n2)cc1. The van der Waals surface area contributed by atoms with Gasteiger partial charge >= 0.3 is 5.97 Å². The third kappa shape index (κ3) is 5.21. The number of tetrazole rings is 1. The molecule has 4 aromatic rings. The van der Waals surface area contributed by atoms with Gasteiger partial charge in [0.1, 0.15) is 5.82 Å². The van der Waals surface area contributed by atoms with Crippen molar-refractivity contribution in [1.82, 2.24) is 35.1 Å². The summed E-state index contributed by atoms with van der Waals surface area (Å²) < 4.78 is 7.28. The van der Waals surface area contributed by atoms with Gasteiger partial charge in [-0.1, -0.05) is 73.5 Å². The largest absolute Gasteiger partial charge is 0.467 e. The molecule has 200 valence electrons. The van der Waals surface area contributed by atoms with Crippen molar-refractivity contribution in [1.29, 1.82) is 0 Å². The van der Waals surface area contributed by atoms with E-state index in [0.717, 1.165) is 47.3 Å². The molecule has 0 aliphatic rings. The number of halogens is 1. The molecule has 0 amide bonds. The van der Waals surface area contributed by atoms with Crippen molar-refractivity contribution in [2.75, 3.05) is 27.0 Å². The fourth-order valence-electron chi connectivity index (χ4n) is 4.68. The van der Waals surface area contributed by atoms with Crippen molar-refractivity contribution in [3.63, 3.8) is 0 Å². The molecule has 0 fully saturated rings. The molecule has 0 radical (unpaired) electrons. The van der Waals surface area contributed by atoms with E-state index in [-0.39, 0.29) is 10.9 Å². The van der Waals surface area contributed by atoms with Crippen molar-refractivity contribution in [3.8, 4) is 22.5 Å². The van der Waals surface area contributed by atoms with Crippen molar-refractivity contribution in [3.05, 3.63) is 70.8 Å². The smallest absolute Gasteiger partial charge is 0.333 e. The summed E-state index contributed by atoms with van der Waals surface area (Å²) in [6, 6.07) is 16.2. The minimum absolute atomic E-state index is 0.178. The molecule has 11 heteroatoms. The summed E-state index contributed by atoms with van der Waals surface area (Å²) in [5, 5.41) is 14.8. The van der Waals surface area contributed by atoms with Crippen LogP contribution in [0.3, 0.4) is 0 Å². The first-order chi connectivity index (χ1) is 18.4. The first kappa shape index (κ1) is 27.8. The number of likely N-dealkylation sites (N-methyl/N-ethyl adjacent to an activating group) is 1. The number of methoxy groups -OCH3 is 1. The quantitative estimate of drug-likeness (QED) is 0.206. The molecule has 4 rings (SSSR count). The van der Waals surface area contributed by atoms with E-state index in [4.69, 9.17) is 21.3 Å². The van der Waals surface area contributed by atoms with E-state index in [0.29, 0.717) is 18.1 Å². The molecular formula is C27H32ClN7O2S. The van der Waals surface area contributed by atoms with Crippen LogP contribution in [0.5, 0.6) is 0 Å². The van der Waals surface area contributed by atoms with Crippen molar-refractivity contribution in [2.45, 2.75) is 38.3 Å². The summed E-state index contributed by atoms with van der Waals surface area (Å²) in [6.07, 6.45) is 2.70. The van der Waals surface area contributed by atoms with Crippen molar-refractivity contribution >= 4 is 30.2 Å². The molecule has 0 aliphatic heterocycles. The molecule has 9 nitrogen and oxygen atoms in total. The molecule has 2 aromatic carbocycles. The predicted octanol–water partition coefficient (Wildman–Crippen LogP) is 4.63. The molecule has 1 atom stereocenters. The third-order valence-electron chi connectivity index (χ3n) is 6.78. The minimum Gasteiger partial charge on any atom is -0.467 e. The van der Waals surface area contributed by atoms with Crippen LogP contribution in [0.2, 0.25) is 5.15 Å². The van der Waals surface area contributed by atoms with Gasteiger partial charge in [-0.05, 0) is 42.4 Å². The highest BCUT2D eigenvalue weighted by molar-refractivity contribution is 7.80. The van der Waals surface area contributed by atoms with Gasteiger partial charge in [0, 0.05) is 24.3 Å². The standard InChI is InChI=1S/C27H32ClN7O2S/c1-5-6-11-22-29-24(28)23(27(17-38,34(2)3)26(36)37-4)35(22)16-18-12-14-19(15-13-18)20-9-7-8-10-21(20)25-30-32-33-31-25/h7-10,12-15,38H,5-6,11,16-17H2,1-4H3,(H,30,31,32,33)/t27-/m1/s1. The summed E-state index contributed by atoms with van der Waals surface area (Å²) >= 11 is 11.3. The van der Waals surface area contributed by atoms with Gasteiger partial charge in [0.25, 0.3) is 0 Å². The summed E-state index contributed by atoms with van der Waals surface area (Å²) in [5.74, 6) is 1.11. The Balaban J connectivity index is 1.76. The number of H-pyrrole nitrogens is 1. The highest BCUT2D eigenvalue weighted by atomic mass is 35.5. The molecule has 0 spiro atoms. The maximum Gasteiger partial charge on any atom is 0.333 e. The number of carbonyl (C=O) groups excluding carboxylic acids is 1. The normalized spacial score (nSPS) is 13.0. The Bertz CT molecular complexity index is 1370. The van der Waals surface area contributed by atoms with Crippen molar-refractivity contribution in [2.24, 2.45) is 0 Å². The number of hydrogen-bond donors (Lipinski definition) is 2. The van der Waals surface area contributed by atoms with Gasteiger partial charge in [0.2, 0.25) is 5.82 Å². The fraction of sp³-hybridized carbons (Fsp3) is 0.370. The van der Waals surface area contributed by atoms with Crippen LogP contribution in [0, 0.1) is 0 Å². The average molecular weight is 554 g/mol. The Hall–Kier alpha value is -3.21. The lowest BCUT2D eigenvalue weighted by Gasteiger charge is -2.36. The van der Waals surface area contributed by atoms with E-state index < -0.39 is 11.5 Å². The van der Waals surface area contributed by atoms with Crippen LogP contribution in [0.1, 0.15) is 36.8 Å². The Kier molecular flexibility index (Phi) is 8.86. The van der Waals surface area contributed by atoms with Crippen LogP contribution in [0.4, 0.5) is 0 Å². The number of ether oxygens (including phenoxy) is 1. The highest BCUT2D eigenvalue weighted by Gasteiger charge is 2.47. The number of rotatable bonds is 11. The van der Waals surface area contributed by atoms with Crippen LogP contribution < -0.4 is 0 Å². The number of aromatic nitrogens is 6. The third-order valence-corrected chi connectivity index (χ3v) is 7.51. The van der Waals surface area contributed by atoms with Gasteiger partial charge in [0.15, 0.2) is 10.7 Å². The molecule has 1 N–H and O–H groups in total. The fourth-order valence-corrected chi connectivity index (χ4v) is 5.59. The maximum absolute atomic E-state index is 13.2. The summed E-state index contributed by atoms with van der Waals surface area (Å²) in [4.78, 5) is 19.7. The zero-order valence-electron chi connectivity index (χ0n) is 22.0. The number of nitrogens with zero attached hydrogens (tertiary/aromatic N) is 6. The molecule has 0 saturated heterocycles. The van der Waals surface area contributed by atoms with E-state index in [1.807, 2.05) is 42.9 Å². The van der Waals surface area contributed by atoms with Gasteiger partial charge in [-0.25, -0.2) is 9.78 Å². The van der Waals surface area contributed by atoms with Crippen LogP contribution in [-0.4, -0.2) is 68.0 Å². The molecule has 38 heavy (non-hydrogen) atoms.